The Kier molecular flexibility index (Phi) is 4.03. The average molecular weight is 352 g/mol. The van der Waals surface area contributed by atoms with E-state index in [9.17, 15) is 9.59 Å². The summed E-state index contributed by atoms with van der Waals surface area (Å²) in [7, 11) is 3.25. The van der Waals surface area contributed by atoms with Crippen molar-refractivity contribution < 1.29 is 19.1 Å². The molecule has 0 aliphatic carbocycles. The summed E-state index contributed by atoms with van der Waals surface area (Å²) >= 11 is 0. The summed E-state index contributed by atoms with van der Waals surface area (Å²) in [6.07, 6.45) is 0.274. The highest BCUT2D eigenvalue weighted by Crippen LogP contribution is 2.36. The van der Waals surface area contributed by atoms with Gasteiger partial charge in [-0.2, -0.15) is 0 Å². The van der Waals surface area contributed by atoms with Gasteiger partial charge in [0.1, 0.15) is 23.6 Å². The first kappa shape index (κ1) is 16.4. The van der Waals surface area contributed by atoms with Crippen LogP contribution in [0.1, 0.15) is 16.8 Å². The van der Waals surface area contributed by atoms with E-state index in [-0.39, 0.29) is 17.9 Å². The lowest BCUT2D eigenvalue weighted by Gasteiger charge is -2.29. The van der Waals surface area contributed by atoms with Gasteiger partial charge in [-0.15, -0.1) is 0 Å². The van der Waals surface area contributed by atoms with Crippen LogP contribution in [0, 0.1) is 0 Å². The van der Waals surface area contributed by atoms with E-state index >= 15 is 0 Å². The van der Waals surface area contributed by atoms with Gasteiger partial charge in [-0.3, -0.25) is 9.59 Å². The van der Waals surface area contributed by atoms with Gasteiger partial charge in [0, 0.05) is 13.5 Å². The Balaban J connectivity index is 1.70. The van der Waals surface area contributed by atoms with Crippen LogP contribution in [0.25, 0.3) is 0 Å². The molecule has 2 atom stereocenters. The molecular weight excluding hydrogens is 332 g/mol. The average Bonchev–Trinajstić information content (AvgIpc) is 3.10. The van der Waals surface area contributed by atoms with Crippen molar-refractivity contribution in [3.63, 3.8) is 0 Å². The highest BCUT2D eigenvalue weighted by molar-refractivity contribution is 6.04. The number of ether oxygens (including phenoxy) is 2. The fourth-order valence-corrected chi connectivity index (χ4v) is 3.67. The maximum Gasteiger partial charge on any atom is 0.258 e. The lowest BCUT2D eigenvalue weighted by atomic mass is 10.1. The van der Waals surface area contributed by atoms with Crippen LogP contribution in [0.15, 0.2) is 48.5 Å². The van der Waals surface area contributed by atoms with Crippen molar-refractivity contribution in [2.45, 2.75) is 18.6 Å². The highest BCUT2D eigenvalue weighted by Gasteiger charge is 2.44. The Morgan fingerprint density at radius 2 is 1.88 bits per heavy atom. The number of nitrogens with zero attached hydrogens (tertiary/aromatic N) is 2. The fourth-order valence-electron chi connectivity index (χ4n) is 3.67. The summed E-state index contributed by atoms with van der Waals surface area (Å²) in [5.74, 6) is 0.843. The van der Waals surface area contributed by atoms with Gasteiger partial charge in [-0.1, -0.05) is 24.3 Å². The molecule has 134 valence electrons. The minimum atomic E-state index is -0.546. The van der Waals surface area contributed by atoms with Crippen molar-refractivity contribution in [1.29, 1.82) is 0 Å². The highest BCUT2D eigenvalue weighted by atomic mass is 16.5. The van der Waals surface area contributed by atoms with Crippen LogP contribution in [0.2, 0.25) is 0 Å². The minimum absolute atomic E-state index is 0.105. The third kappa shape index (κ3) is 2.58. The van der Waals surface area contributed by atoms with Crippen LogP contribution in [0.5, 0.6) is 11.5 Å². The van der Waals surface area contributed by atoms with Gasteiger partial charge in [0.25, 0.3) is 5.91 Å². The number of likely N-dealkylation sites (N-methyl/N-ethyl adjacent to an activating group) is 1. The molecule has 2 aliphatic rings. The summed E-state index contributed by atoms with van der Waals surface area (Å²) in [4.78, 5) is 29.4. The molecule has 26 heavy (non-hydrogen) atoms. The van der Waals surface area contributed by atoms with Gasteiger partial charge in [-0.25, -0.2) is 0 Å². The third-order valence-electron chi connectivity index (χ3n) is 5.00. The van der Waals surface area contributed by atoms with Crippen molar-refractivity contribution in [2.75, 3.05) is 25.6 Å². The number of hydrogen-bond acceptors (Lipinski definition) is 4. The minimum Gasteiger partial charge on any atom is -0.496 e. The Labute approximate surface area is 151 Å². The monoisotopic (exact) mass is 352 g/mol. The van der Waals surface area contributed by atoms with E-state index in [1.165, 1.54) is 7.11 Å². The molecule has 0 spiro atoms. The van der Waals surface area contributed by atoms with E-state index in [1.54, 1.807) is 35.0 Å². The Hall–Kier alpha value is -3.02. The van der Waals surface area contributed by atoms with E-state index in [4.69, 9.17) is 9.47 Å². The van der Waals surface area contributed by atoms with Gasteiger partial charge in [-0.05, 0) is 24.3 Å². The number of likely N-dealkylation sites (tertiary alicyclic amines) is 1. The molecule has 2 aromatic carbocycles. The molecule has 0 N–H and O–H groups in total. The lowest BCUT2D eigenvalue weighted by molar-refractivity contribution is -0.122. The standard InChI is InChI=1S/C20H20N2O4/c1-21-15-8-4-6-10-18(15)26-13-11-16(20(21)24)22(12-13)19(23)14-7-3-5-9-17(14)25-2/h3-10,13,16H,11-12H2,1-2H3. The van der Waals surface area contributed by atoms with Gasteiger partial charge in [0.15, 0.2) is 0 Å². The molecule has 2 bridgehead atoms. The van der Waals surface area contributed by atoms with Crippen molar-refractivity contribution >= 4 is 17.5 Å². The molecular formula is C20H20N2O4. The summed E-state index contributed by atoms with van der Waals surface area (Å²) < 4.78 is 11.4. The van der Waals surface area contributed by atoms with Crippen LogP contribution in [0.4, 0.5) is 5.69 Å². The molecule has 6 nitrogen and oxygen atoms in total. The SMILES string of the molecule is COc1ccccc1C(=O)N1CC2CC1C(=O)N(C)c1ccccc1O2. The third-order valence-corrected chi connectivity index (χ3v) is 5.00. The van der Waals surface area contributed by atoms with E-state index in [1.807, 2.05) is 30.3 Å². The number of methoxy groups -OCH3 is 1. The zero-order valence-electron chi connectivity index (χ0n) is 14.7. The number of carbonyl (C=O) groups excluding carboxylic acids is 2. The molecule has 0 radical (unpaired) electrons. The van der Waals surface area contributed by atoms with Gasteiger partial charge >= 0.3 is 0 Å². The topological polar surface area (TPSA) is 59.1 Å². The summed E-state index contributed by atoms with van der Waals surface area (Å²) in [5.41, 5.74) is 1.17. The number of amides is 2. The second-order valence-electron chi connectivity index (χ2n) is 6.51. The number of benzene rings is 2. The number of fused-ring (bicyclic) bond motifs is 3. The molecule has 6 heteroatoms. The Morgan fingerprint density at radius 1 is 1.15 bits per heavy atom. The molecule has 2 aliphatic heterocycles. The predicted octanol–water partition coefficient (Wildman–Crippen LogP) is 2.33. The molecule has 0 aromatic heterocycles. The molecule has 1 saturated heterocycles. The molecule has 4 rings (SSSR count). The van der Waals surface area contributed by atoms with Gasteiger partial charge < -0.3 is 19.3 Å². The normalized spacial score (nSPS) is 21.5. The predicted molar refractivity (Wildman–Crippen MR) is 96.7 cm³/mol. The van der Waals surface area contributed by atoms with Crippen molar-refractivity contribution in [3.8, 4) is 11.5 Å². The van der Waals surface area contributed by atoms with Crippen LogP contribution in [-0.4, -0.2) is 49.6 Å². The maximum absolute atomic E-state index is 13.1. The van der Waals surface area contributed by atoms with Crippen LogP contribution < -0.4 is 14.4 Å². The number of rotatable bonds is 2. The van der Waals surface area contributed by atoms with E-state index in [2.05, 4.69) is 0 Å². The first-order valence-electron chi connectivity index (χ1n) is 8.57. The lowest BCUT2D eigenvalue weighted by Crippen LogP contribution is -2.46. The van der Waals surface area contributed by atoms with Gasteiger partial charge in [0.2, 0.25) is 5.91 Å². The number of hydrogen-bond donors (Lipinski definition) is 0. The summed E-state index contributed by atoms with van der Waals surface area (Å²) in [5, 5.41) is 0. The Morgan fingerprint density at radius 3 is 2.69 bits per heavy atom. The second-order valence-corrected chi connectivity index (χ2v) is 6.51. The summed E-state index contributed by atoms with van der Waals surface area (Å²) in [6, 6.07) is 14.0. The molecule has 2 aromatic rings. The van der Waals surface area contributed by atoms with Crippen molar-refractivity contribution in [3.05, 3.63) is 54.1 Å². The van der Waals surface area contributed by atoms with Crippen molar-refractivity contribution in [1.82, 2.24) is 4.90 Å². The molecule has 2 unspecified atom stereocenters. The fraction of sp³-hybridized carbons (Fsp3) is 0.300. The number of carbonyl (C=O) groups is 2. The smallest absolute Gasteiger partial charge is 0.258 e. The van der Waals surface area contributed by atoms with Crippen molar-refractivity contribution in [2.24, 2.45) is 0 Å². The van der Waals surface area contributed by atoms with Gasteiger partial charge in [0.05, 0.1) is 24.9 Å². The maximum atomic E-state index is 13.1. The first-order valence-corrected chi connectivity index (χ1v) is 8.57. The second kappa shape index (κ2) is 6.37. The quantitative estimate of drug-likeness (QED) is 0.832. The molecule has 2 heterocycles. The number of para-hydroxylation sites is 3. The van der Waals surface area contributed by atoms with Crippen LogP contribution >= 0.6 is 0 Å². The summed E-state index contributed by atoms with van der Waals surface area (Å²) in [6.45, 7) is 0.370. The molecule has 2 amide bonds. The zero-order chi connectivity index (χ0) is 18.3. The molecule has 0 saturated carbocycles. The first-order chi connectivity index (χ1) is 12.6. The zero-order valence-corrected chi connectivity index (χ0v) is 14.7. The largest absolute Gasteiger partial charge is 0.496 e. The molecule has 1 fully saturated rings. The number of anilines is 1. The van der Waals surface area contributed by atoms with E-state index < -0.39 is 6.04 Å². The van der Waals surface area contributed by atoms with E-state index in [0.717, 1.165) is 5.69 Å². The van der Waals surface area contributed by atoms with Crippen LogP contribution in [0.3, 0.4) is 0 Å². The Bertz CT molecular complexity index is 866. The van der Waals surface area contributed by atoms with E-state index in [0.29, 0.717) is 30.0 Å². The van der Waals surface area contributed by atoms with Crippen LogP contribution in [-0.2, 0) is 4.79 Å².